The molecule has 0 aliphatic rings. The van der Waals surface area contributed by atoms with Crippen molar-refractivity contribution >= 4 is 12.4 Å². The molecule has 0 bridgehead atoms. The van der Waals surface area contributed by atoms with Crippen LogP contribution in [0.15, 0.2) is 18.2 Å². The van der Waals surface area contributed by atoms with E-state index >= 15 is 0 Å². The number of halogens is 2. The molecule has 0 heterocycles. The predicted octanol–water partition coefficient (Wildman–Crippen LogP) is 1.94. The highest BCUT2D eigenvalue weighted by molar-refractivity contribution is 5.85. The molecule has 80 valence electrons. The Kier molecular flexibility index (Phi) is 5.69. The summed E-state index contributed by atoms with van der Waals surface area (Å²) < 4.78 is 13.1. The number of hydrogen-bond donors (Lipinski definition) is 2. The molecule has 0 aromatic heterocycles. The molecule has 3 N–H and O–H groups in total. The van der Waals surface area contributed by atoms with E-state index in [4.69, 9.17) is 10.8 Å². The molecular formula is C10H15ClFNO. The third kappa shape index (κ3) is 2.94. The molecule has 0 fully saturated rings. The van der Waals surface area contributed by atoms with Gasteiger partial charge in [0.1, 0.15) is 5.82 Å². The first-order chi connectivity index (χ1) is 6.16. The Balaban J connectivity index is 0.00000169. The first kappa shape index (κ1) is 13.4. The maximum atomic E-state index is 13.1. The SMILES string of the molecule is Cc1c(F)cccc1C(N)CCO.Cl. The molecule has 0 aliphatic carbocycles. The fourth-order valence-corrected chi connectivity index (χ4v) is 1.32. The van der Waals surface area contributed by atoms with E-state index in [1.807, 2.05) is 0 Å². The summed E-state index contributed by atoms with van der Waals surface area (Å²) in [5.74, 6) is -0.245. The number of nitrogens with two attached hydrogens (primary N) is 1. The molecule has 1 aromatic rings. The molecule has 0 spiro atoms. The number of aliphatic hydroxyl groups excluding tert-OH is 1. The second-order valence-electron chi connectivity index (χ2n) is 3.07. The van der Waals surface area contributed by atoms with Gasteiger partial charge in [-0.3, -0.25) is 0 Å². The van der Waals surface area contributed by atoms with Crippen molar-refractivity contribution in [1.29, 1.82) is 0 Å². The van der Waals surface area contributed by atoms with Gasteiger partial charge in [0, 0.05) is 12.6 Å². The van der Waals surface area contributed by atoms with E-state index in [0.29, 0.717) is 12.0 Å². The molecule has 0 amide bonds. The van der Waals surface area contributed by atoms with E-state index in [-0.39, 0.29) is 30.9 Å². The summed E-state index contributed by atoms with van der Waals surface area (Å²) in [6.45, 7) is 1.72. The molecule has 1 rings (SSSR count). The minimum atomic E-state index is -0.277. The standard InChI is InChI=1S/C10H14FNO.ClH/c1-7-8(10(12)5-6-13)3-2-4-9(7)11;/h2-4,10,13H,5-6,12H2,1H3;1H. The number of benzene rings is 1. The van der Waals surface area contributed by atoms with Crippen LogP contribution >= 0.6 is 12.4 Å². The van der Waals surface area contributed by atoms with Gasteiger partial charge in [-0.15, -0.1) is 12.4 Å². The van der Waals surface area contributed by atoms with Crippen LogP contribution in [0.4, 0.5) is 4.39 Å². The van der Waals surface area contributed by atoms with Crippen molar-refractivity contribution in [1.82, 2.24) is 0 Å². The summed E-state index contributed by atoms with van der Waals surface area (Å²) in [6, 6.07) is 4.55. The molecule has 0 saturated heterocycles. The van der Waals surface area contributed by atoms with Crippen molar-refractivity contribution in [3.8, 4) is 0 Å². The molecule has 14 heavy (non-hydrogen) atoms. The average molecular weight is 220 g/mol. The topological polar surface area (TPSA) is 46.2 Å². The van der Waals surface area contributed by atoms with E-state index in [1.165, 1.54) is 6.07 Å². The van der Waals surface area contributed by atoms with Crippen LogP contribution in [-0.4, -0.2) is 11.7 Å². The van der Waals surface area contributed by atoms with Crippen molar-refractivity contribution in [3.63, 3.8) is 0 Å². The molecule has 0 saturated carbocycles. The largest absolute Gasteiger partial charge is 0.396 e. The van der Waals surface area contributed by atoms with Gasteiger partial charge in [-0.25, -0.2) is 4.39 Å². The molecular weight excluding hydrogens is 205 g/mol. The summed E-state index contributed by atoms with van der Waals surface area (Å²) in [4.78, 5) is 0. The zero-order valence-electron chi connectivity index (χ0n) is 8.03. The van der Waals surface area contributed by atoms with Crippen molar-refractivity contribution in [2.75, 3.05) is 6.61 Å². The van der Waals surface area contributed by atoms with Crippen molar-refractivity contribution in [2.45, 2.75) is 19.4 Å². The Morgan fingerprint density at radius 3 is 2.71 bits per heavy atom. The van der Waals surface area contributed by atoms with Gasteiger partial charge in [-0.1, -0.05) is 12.1 Å². The lowest BCUT2D eigenvalue weighted by Gasteiger charge is -2.13. The Morgan fingerprint density at radius 1 is 1.50 bits per heavy atom. The summed E-state index contributed by atoms with van der Waals surface area (Å²) >= 11 is 0. The van der Waals surface area contributed by atoms with Gasteiger partial charge in [0.15, 0.2) is 0 Å². The number of hydrogen-bond acceptors (Lipinski definition) is 2. The summed E-state index contributed by atoms with van der Waals surface area (Å²) in [5.41, 5.74) is 7.09. The van der Waals surface area contributed by atoms with Crippen LogP contribution in [0.3, 0.4) is 0 Å². The fourth-order valence-electron chi connectivity index (χ4n) is 1.32. The van der Waals surface area contributed by atoms with E-state index in [9.17, 15) is 4.39 Å². The number of rotatable bonds is 3. The first-order valence-corrected chi connectivity index (χ1v) is 4.28. The summed E-state index contributed by atoms with van der Waals surface area (Å²) in [5, 5.41) is 8.68. The Bertz CT molecular complexity index is 293. The third-order valence-electron chi connectivity index (χ3n) is 2.15. The minimum Gasteiger partial charge on any atom is -0.396 e. The van der Waals surface area contributed by atoms with Gasteiger partial charge in [0.05, 0.1) is 0 Å². The van der Waals surface area contributed by atoms with E-state index in [2.05, 4.69) is 0 Å². The molecule has 2 nitrogen and oxygen atoms in total. The molecule has 1 atom stereocenters. The van der Waals surface area contributed by atoms with Gasteiger partial charge in [-0.05, 0) is 30.5 Å². The predicted molar refractivity (Wildman–Crippen MR) is 57.0 cm³/mol. The lowest BCUT2D eigenvalue weighted by atomic mass is 9.99. The van der Waals surface area contributed by atoms with Gasteiger partial charge in [0.2, 0.25) is 0 Å². The maximum Gasteiger partial charge on any atom is 0.126 e. The van der Waals surface area contributed by atoms with Gasteiger partial charge < -0.3 is 10.8 Å². The highest BCUT2D eigenvalue weighted by atomic mass is 35.5. The molecule has 4 heteroatoms. The van der Waals surface area contributed by atoms with Crippen LogP contribution < -0.4 is 5.73 Å². The summed E-state index contributed by atoms with van der Waals surface area (Å²) in [6.07, 6.45) is 0.463. The fraction of sp³-hybridized carbons (Fsp3) is 0.400. The highest BCUT2D eigenvalue weighted by Crippen LogP contribution is 2.19. The lowest BCUT2D eigenvalue weighted by Crippen LogP contribution is -2.13. The molecule has 0 aliphatic heterocycles. The second-order valence-corrected chi connectivity index (χ2v) is 3.07. The van der Waals surface area contributed by atoms with Gasteiger partial charge in [0.25, 0.3) is 0 Å². The van der Waals surface area contributed by atoms with Gasteiger partial charge in [-0.2, -0.15) is 0 Å². The molecule has 1 unspecified atom stereocenters. The van der Waals surface area contributed by atoms with Crippen LogP contribution in [-0.2, 0) is 0 Å². The Labute approximate surface area is 89.3 Å². The van der Waals surface area contributed by atoms with E-state index < -0.39 is 0 Å². The van der Waals surface area contributed by atoms with E-state index in [0.717, 1.165) is 5.56 Å². The van der Waals surface area contributed by atoms with Crippen LogP contribution in [0.5, 0.6) is 0 Å². The minimum absolute atomic E-state index is 0. The highest BCUT2D eigenvalue weighted by Gasteiger charge is 2.10. The van der Waals surface area contributed by atoms with Crippen LogP contribution in [0, 0.1) is 12.7 Å². The second kappa shape index (κ2) is 5.96. The Hall–Kier alpha value is -0.640. The molecule has 0 radical (unpaired) electrons. The molecule has 1 aromatic carbocycles. The quantitative estimate of drug-likeness (QED) is 0.816. The van der Waals surface area contributed by atoms with Crippen LogP contribution in [0.25, 0.3) is 0 Å². The van der Waals surface area contributed by atoms with Crippen molar-refractivity contribution in [3.05, 3.63) is 35.1 Å². The van der Waals surface area contributed by atoms with Gasteiger partial charge >= 0.3 is 0 Å². The zero-order valence-corrected chi connectivity index (χ0v) is 8.85. The first-order valence-electron chi connectivity index (χ1n) is 4.28. The van der Waals surface area contributed by atoms with Crippen molar-refractivity contribution in [2.24, 2.45) is 5.73 Å². The maximum absolute atomic E-state index is 13.1. The average Bonchev–Trinajstić information content (AvgIpc) is 2.10. The smallest absolute Gasteiger partial charge is 0.126 e. The monoisotopic (exact) mass is 219 g/mol. The lowest BCUT2D eigenvalue weighted by molar-refractivity contribution is 0.276. The van der Waals surface area contributed by atoms with Crippen LogP contribution in [0.2, 0.25) is 0 Å². The Morgan fingerprint density at radius 2 is 2.14 bits per heavy atom. The van der Waals surface area contributed by atoms with Crippen molar-refractivity contribution < 1.29 is 9.50 Å². The summed E-state index contributed by atoms with van der Waals surface area (Å²) in [7, 11) is 0. The van der Waals surface area contributed by atoms with Crippen LogP contribution in [0.1, 0.15) is 23.6 Å². The zero-order chi connectivity index (χ0) is 9.84. The van der Waals surface area contributed by atoms with E-state index in [1.54, 1.807) is 19.1 Å². The number of aliphatic hydroxyl groups is 1. The third-order valence-corrected chi connectivity index (χ3v) is 2.15. The normalized spacial score (nSPS) is 12.0.